The van der Waals surface area contributed by atoms with Crippen LogP contribution < -0.4 is 0 Å². The molecule has 12 heavy (non-hydrogen) atoms. The van der Waals surface area contributed by atoms with Gasteiger partial charge in [-0.1, -0.05) is 11.3 Å². The molecule has 4 heteroatoms. The minimum Gasteiger partial charge on any atom is -0.285 e. The Morgan fingerprint density at radius 3 is 3.08 bits per heavy atom. The van der Waals surface area contributed by atoms with Gasteiger partial charge in [-0.2, -0.15) is 4.39 Å². The Hall–Kier alpha value is -1.29. The Kier molecular flexibility index (Phi) is 1.62. The van der Waals surface area contributed by atoms with Crippen molar-refractivity contribution < 1.29 is 9.18 Å². The van der Waals surface area contributed by atoms with Crippen LogP contribution in [-0.4, -0.2) is 11.3 Å². The molecule has 1 aromatic heterocycles. The van der Waals surface area contributed by atoms with Gasteiger partial charge >= 0.3 is 0 Å². The summed E-state index contributed by atoms with van der Waals surface area (Å²) in [4.78, 5) is 13.8. The Morgan fingerprint density at radius 2 is 2.33 bits per heavy atom. The molecule has 0 unspecified atom stereocenters. The van der Waals surface area contributed by atoms with Crippen LogP contribution in [0.2, 0.25) is 0 Å². The van der Waals surface area contributed by atoms with Crippen LogP contribution in [0.25, 0.3) is 10.2 Å². The van der Waals surface area contributed by atoms with Gasteiger partial charge in [-0.25, -0.2) is 4.98 Å². The summed E-state index contributed by atoms with van der Waals surface area (Å²) < 4.78 is 13.2. The minimum atomic E-state index is -0.479. The van der Waals surface area contributed by atoms with Crippen molar-refractivity contribution in [2.24, 2.45) is 0 Å². The molecule has 1 radical (unpaired) electrons. The largest absolute Gasteiger partial charge is 0.285 e. The summed E-state index contributed by atoms with van der Waals surface area (Å²) in [6, 6.07) is 4.74. The van der Waals surface area contributed by atoms with E-state index in [4.69, 9.17) is 0 Å². The lowest BCUT2D eigenvalue weighted by atomic mass is 10.2. The fraction of sp³-hybridized carbons (Fsp3) is 0. The highest BCUT2D eigenvalue weighted by atomic mass is 32.1. The van der Waals surface area contributed by atoms with Crippen LogP contribution in [-0.2, 0) is 4.79 Å². The Labute approximate surface area is 71.7 Å². The van der Waals surface area contributed by atoms with Crippen molar-refractivity contribution in [3.8, 4) is 0 Å². The van der Waals surface area contributed by atoms with Gasteiger partial charge in [0.2, 0.25) is 6.29 Å². The lowest BCUT2D eigenvalue weighted by Crippen LogP contribution is -1.77. The summed E-state index contributed by atoms with van der Waals surface area (Å²) in [5.74, 6) is 0. The Balaban J connectivity index is 2.74. The van der Waals surface area contributed by atoms with E-state index in [-0.39, 0.29) is 0 Å². The van der Waals surface area contributed by atoms with E-state index in [0.29, 0.717) is 15.8 Å². The van der Waals surface area contributed by atoms with Gasteiger partial charge in [0.05, 0.1) is 10.2 Å². The smallest absolute Gasteiger partial charge is 0.270 e. The maximum atomic E-state index is 12.6. The molecule has 59 valence electrons. The lowest BCUT2D eigenvalue weighted by molar-refractivity contribution is 0.563. The molecule has 0 aliphatic rings. The lowest BCUT2D eigenvalue weighted by Gasteiger charge is -1.86. The van der Waals surface area contributed by atoms with E-state index in [1.165, 1.54) is 0 Å². The van der Waals surface area contributed by atoms with Crippen LogP contribution in [0.4, 0.5) is 4.39 Å². The second kappa shape index (κ2) is 2.64. The third-order valence-electron chi connectivity index (χ3n) is 1.48. The summed E-state index contributed by atoms with van der Waals surface area (Å²) >= 11 is 0.925. The average Bonchev–Trinajstić information content (AvgIpc) is 2.43. The summed E-state index contributed by atoms with van der Waals surface area (Å²) in [6.07, 6.45) is 1.73. The molecule has 0 N–H and O–H groups in total. The molecule has 0 amide bonds. The van der Waals surface area contributed by atoms with E-state index < -0.39 is 5.26 Å². The maximum absolute atomic E-state index is 12.6. The number of fused-ring (bicyclic) bond motifs is 1. The van der Waals surface area contributed by atoms with Crippen molar-refractivity contribution >= 4 is 27.8 Å². The Bertz CT molecular complexity index is 438. The fourth-order valence-electron chi connectivity index (χ4n) is 0.960. The summed E-state index contributed by atoms with van der Waals surface area (Å²) in [5.41, 5.74) is 1.00. The molecule has 0 fully saturated rings. The molecule has 0 atom stereocenters. The quantitative estimate of drug-likeness (QED) is 0.670. The van der Waals surface area contributed by atoms with Gasteiger partial charge in [-0.05, 0) is 18.2 Å². The highest BCUT2D eigenvalue weighted by molar-refractivity contribution is 7.17. The van der Waals surface area contributed by atoms with Crippen molar-refractivity contribution in [1.82, 2.24) is 4.98 Å². The minimum absolute atomic E-state index is 0.422. The first-order valence-electron chi connectivity index (χ1n) is 3.24. The van der Waals surface area contributed by atoms with Crippen LogP contribution in [0.15, 0.2) is 18.2 Å². The number of nitrogens with zero attached hydrogens (tertiary/aromatic N) is 1. The molecule has 0 aliphatic heterocycles. The summed E-state index contributed by atoms with van der Waals surface area (Å²) in [5, 5.41) is -0.479. The molecule has 0 bridgehead atoms. The van der Waals surface area contributed by atoms with E-state index in [2.05, 4.69) is 4.98 Å². The van der Waals surface area contributed by atoms with Crippen LogP contribution in [0.1, 0.15) is 5.56 Å². The highest BCUT2D eigenvalue weighted by Gasteiger charge is 2.02. The third kappa shape index (κ3) is 1.10. The third-order valence-corrected chi connectivity index (χ3v) is 2.29. The van der Waals surface area contributed by atoms with Crippen molar-refractivity contribution in [3.05, 3.63) is 29.0 Å². The molecule has 0 spiro atoms. The topological polar surface area (TPSA) is 30.0 Å². The molecular formula is C8H3FNOS. The first kappa shape index (κ1) is 7.36. The highest BCUT2D eigenvalue weighted by Crippen LogP contribution is 2.21. The summed E-state index contributed by atoms with van der Waals surface area (Å²) in [7, 11) is 0. The van der Waals surface area contributed by atoms with Crippen LogP contribution >= 0.6 is 11.3 Å². The van der Waals surface area contributed by atoms with Gasteiger partial charge in [0.1, 0.15) is 0 Å². The molecule has 1 heterocycles. The number of halogens is 1. The Morgan fingerprint density at radius 1 is 1.50 bits per heavy atom. The predicted octanol–water partition coefficient (Wildman–Crippen LogP) is 1.89. The summed E-state index contributed by atoms with van der Waals surface area (Å²) in [6.45, 7) is 0. The number of carbonyl (C=O) groups excluding carboxylic acids is 1. The van der Waals surface area contributed by atoms with Gasteiger partial charge in [0.15, 0.2) is 0 Å². The fourth-order valence-corrected chi connectivity index (χ4v) is 1.69. The van der Waals surface area contributed by atoms with Crippen molar-refractivity contribution in [1.29, 1.82) is 0 Å². The number of hydrogen-bond acceptors (Lipinski definition) is 3. The average molecular weight is 180 g/mol. The first-order chi connectivity index (χ1) is 5.79. The number of aromatic nitrogens is 1. The SMILES string of the molecule is O=[C]c1ccc2nc(F)sc2c1. The molecule has 1 aromatic carbocycles. The normalized spacial score (nSPS) is 10.4. The van der Waals surface area contributed by atoms with Gasteiger partial charge in [0, 0.05) is 5.56 Å². The van der Waals surface area contributed by atoms with Gasteiger partial charge in [0.25, 0.3) is 5.26 Å². The van der Waals surface area contributed by atoms with Gasteiger partial charge < -0.3 is 0 Å². The number of hydrogen-bond donors (Lipinski definition) is 0. The van der Waals surface area contributed by atoms with Crippen molar-refractivity contribution in [2.45, 2.75) is 0 Å². The monoisotopic (exact) mass is 180 g/mol. The van der Waals surface area contributed by atoms with Crippen molar-refractivity contribution in [3.63, 3.8) is 0 Å². The zero-order valence-electron chi connectivity index (χ0n) is 5.87. The molecule has 0 saturated heterocycles. The molecule has 2 aromatic rings. The van der Waals surface area contributed by atoms with E-state index in [1.807, 2.05) is 0 Å². The standard InChI is InChI=1S/C8H3FNOS/c9-8-10-6-2-1-5(4-11)3-7(6)12-8/h1-3H. The molecule has 2 rings (SSSR count). The zero-order valence-corrected chi connectivity index (χ0v) is 6.69. The van der Waals surface area contributed by atoms with Crippen molar-refractivity contribution in [2.75, 3.05) is 0 Å². The number of rotatable bonds is 1. The molecule has 0 saturated carbocycles. The second-order valence-corrected chi connectivity index (χ2v) is 3.23. The number of thiazole rings is 1. The van der Waals surface area contributed by atoms with Crippen LogP contribution in [0, 0.1) is 5.26 Å². The van der Waals surface area contributed by atoms with Crippen LogP contribution in [0.3, 0.4) is 0 Å². The van der Waals surface area contributed by atoms with Crippen LogP contribution in [0.5, 0.6) is 0 Å². The van der Waals surface area contributed by atoms with E-state index in [1.54, 1.807) is 24.5 Å². The number of benzene rings is 1. The maximum Gasteiger partial charge on any atom is 0.270 e. The van der Waals surface area contributed by atoms with E-state index in [0.717, 1.165) is 11.3 Å². The molecule has 0 aliphatic carbocycles. The second-order valence-electron chi connectivity index (χ2n) is 2.25. The predicted molar refractivity (Wildman–Crippen MR) is 44.4 cm³/mol. The molecule has 2 nitrogen and oxygen atoms in total. The van der Waals surface area contributed by atoms with E-state index >= 15 is 0 Å². The molecular weight excluding hydrogens is 177 g/mol. The first-order valence-corrected chi connectivity index (χ1v) is 4.05. The van der Waals surface area contributed by atoms with Gasteiger partial charge in [-0.15, -0.1) is 0 Å². The van der Waals surface area contributed by atoms with Gasteiger partial charge in [-0.3, -0.25) is 4.79 Å². The van der Waals surface area contributed by atoms with E-state index in [9.17, 15) is 9.18 Å². The zero-order chi connectivity index (χ0) is 8.55.